The molecule has 0 aliphatic heterocycles. The molecular weight excluding hydrogens is 328 g/mol. The van der Waals surface area contributed by atoms with Crippen LogP contribution in [0.2, 0.25) is 0 Å². The van der Waals surface area contributed by atoms with Crippen LogP contribution in [-0.2, 0) is 12.0 Å². The Morgan fingerprint density at radius 2 is 1.69 bits per heavy atom. The smallest absolute Gasteiger partial charge is 0.315 e. The fourth-order valence-corrected chi connectivity index (χ4v) is 2.71. The molecule has 26 heavy (non-hydrogen) atoms. The Morgan fingerprint density at radius 3 is 2.35 bits per heavy atom. The van der Waals surface area contributed by atoms with Gasteiger partial charge in [-0.05, 0) is 35.7 Å². The van der Waals surface area contributed by atoms with Gasteiger partial charge in [0.15, 0.2) is 11.5 Å². The lowest BCUT2D eigenvalue weighted by Gasteiger charge is -2.26. The Hall–Kier alpha value is -2.69. The van der Waals surface area contributed by atoms with Crippen molar-refractivity contribution in [2.24, 2.45) is 0 Å². The lowest BCUT2D eigenvalue weighted by Crippen LogP contribution is -2.42. The van der Waals surface area contributed by atoms with E-state index >= 15 is 0 Å². The Kier molecular flexibility index (Phi) is 6.50. The molecule has 5 heteroatoms. The summed E-state index contributed by atoms with van der Waals surface area (Å²) in [6.07, 6.45) is 0. The Bertz CT molecular complexity index is 757. The minimum atomic E-state index is -0.250. The van der Waals surface area contributed by atoms with E-state index in [1.54, 1.807) is 14.2 Å². The third-order valence-corrected chi connectivity index (χ3v) is 4.56. The van der Waals surface area contributed by atoms with Gasteiger partial charge in [-0.25, -0.2) is 4.79 Å². The average molecular weight is 356 g/mol. The molecule has 2 rings (SSSR count). The van der Waals surface area contributed by atoms with Gasteiger partial charge in [-0.2, -0.15) is 0 Å². The van der Waals surface area contributed by atoms with Crippen molar-refractivity contribution in [2.75, 3.05) is 20.8 Å². The van der Waals surface area contributed by atoms with Crippen molar-refractivity contribution >= 4 is 6.03 Å². The molecule has 0 heterocycles. The van der Waals surface area contributed by atoms with E-state index in [0.717, 1.165) is 11.1 Å². The summed E-state index contributed by atoms with van der Waals surface area (Å²) >= 11 is 0. The zero-order valence-electron chi connectivity index (χ0n) is 16.2. The van der Waals surface area contributed by atoms with E-state index in [1.165, 1.54) is 5.56 Å². The van der Waals surface area contributed by atoms with Gasteiger partial charge in [0.2, 0.25) is 0 Å². The number of ether oxygens (including phenoxy) is 2. The summed E-state index contributed by atoms with van der Waals surface area (Å²) < 4.78 is 10.7. The molecule has 2 aromatic carbocycles. The lowest BCUT2D eigenvalue weighted by molar-refractivity contribution is 0.238. The highest BCUT2D eigenvalue weighted by Gasteiger charge is 2.23. The van der Waals surface area contributed by atoms with Gasteiger partial charge in [-0.3, -0.25) is 0 Å². The first-order chi connectivity index (χ1) is 12.4. The fraction of sp³-hybridized carbons (Fsp3) is 0.381. The number of carbonyl (C=O) groups excluding carboxylic acids is 1. The normalized spacial score (nSPS) is 11.0. The van der Waals surface area contributed by atoms with Crippen LogP contribution in [0.3, 0.4) is 0 Å². The van der Waals surface area contributed by atoms with Crippen LogP contribution >= 0.6 is 0 Å². The predicted molar refractivity (Wildman–Crippen MR) is 104 cm³/mol. The van der Waals surface area contributed by atoms with Crippen molar-refractivity contribution in [3.63, 3.8) is 0 Å². The molecule has 0 fully saturated rings. The van der Waals surface area contributed by atoms with E-state index < -0.39 is 0 Å². The summed E-state index contributed by atoms with van der Waals surface area (Å²) in [5.41, 5.74) is 3.09. The zero-order chi connectivity index (χ0) is 19.2. The van der Waals surface area contributed by atoms with Crippen LogP contribution in [0.1, 0.15) is 30.5 Å². The Labute approximate surface area is 155 Å². The number of nitrogens with one attached hydrogen (secondary N) is 2. The highest BCUT2D eigenvalue weighted by Crippen LogP contribution is 2.32. The molecule has 0 spiro atoms. The number of hydrogen-bond acceptors (Lipinski definition) is 3. The van der Waals surface area contributed by atoms with Crippen molar-refractivity contribution in [1.82, 2.24) is 10.6 Å². The molecule has 0 aliphatic rings. The van der Waals surface area contributed by atoms with Gasteiger partial charge >= 0.3 is 6.03 Å². The monoisotopic (exact) mass is 356 g/mol. The fourth-order valence-electron chi connectivity index (χ4n) is 2.71. The van der Waals surface area contributed by atoms with Crippen molar-refractivity contribution in [1.29, 1.82) is 0 Å². The van der Waals surface area contributed by atoms with E-state index in [4.69, 9.17) is 9.47 Å². The number of methoxy groups -OCH3 is 2. The highest BCUT2D eigenvalue weighted by atomic mass is 16.5. The highest BCUT2D eigenvalue weighted by molar-refractivity contribution is 5.74. The number of benzene rings is 2. The van der Waals surface area contributed by atoms with Crippen LogP contribution < -0.4 is 20.1 Å². The van der Waals surface area contributed by atoms with Gasteiger partial charge in [-0.1, -0.05) is 44.2 Å². The van der Waals surface area contributed by atoms with Crippen molar-refractivity contribution < 1.29 is 14.3 Å². The van der Waals surface area contributed by atoms with Crippen LogP contribution in [0, 0.1) is 6.92 Å². The molecule has 0 atom stereocenters. The molecule has 2 amide bonds. The van der Waals surface area contributed by atoms with E-state index in [-0.39, 0.29) is 11.4 Å². The molecule has 0 aliphatic carbocycles. The minimum Gasteiger partial charge on any atom is -0.493 e. The van der Waals surface area contributed by atoms with Gasteiger partial charge in [0, 0.05) is 18.5 Å². The van der Waals surface area contributed by atoms with Gasteiger partial charge < -0.3 is 20.1 Å². The first-order valence-corrected chi connectivity index (χ1v) is 8.66. The molecule has 5 nitrogen and oxygen atoms in total. The number of rotatable bonds is 7. The topological polar surface area (TPSA) is 59.6 Å². The molecule has 140 valence electrons. The Morgan fingerprint density at radius 1 is 1.00 bits per heavy atom. The molecule has 0 unspecified atom stereocenters. The summed E-state index contributed by atoms with van der Waals surface area (Å²) in [4.78, 5) is 12.2. The van der Waals surface area contributed by atoms with E-state index in [2.05, 4.69) is 24.5 Å². The SMILES string of the molecule is COc1ccc(C(C)(C)CNC(=O)NCc2ccccc2C)cc1OC. The van der Waals surface area contributed by atoms with Gasteiger partial charge in [0.25, 0.3) is 0 Å². The number of hydrogen-bond donors (Lipinski definition) is 2. The molecule has 0 bridgehead atoms. The largest absolute Gasteiger partial charge is 0.493 e. The van der Waals surface area contributed by atoms with E-state index in [1.807, 2.05) is 49.4 Å². The average Bonchev–Trinajstić information content (AvgIpc) is 2.65. The van der Waals surface area contributed by atoms with Crippen LogP contribution in [0.15, 0.2) is 42.5 Å². The van der Waals surface area contributed by atoms with Crippen LogP contribution in [-0.4, -0.2) is 26.8 Å². The number of aryl methyl sites for hydroxylation is 1. The quantitative estimate of drug-likeness (QED) is 0.793. The molecular formula is C21H28N2O3. The van der Waals surface area contributed by atoms with Gasteiger partial charge in [0.05, 0.1) is 14.2 Å². The summed E-state index contributed by atoms with van der Waals surface area (Å²) in [6, 6.07) is 13.7. The van der Waals surface area contributed by atoms with Crippen molar-refractivity contribution in [2.45, 2.75) is 32.7 Å². The molecule has 0 saturated heterocycles. The second-order valence-electron chi connectivity index (χ2n) is 6.92. The van der Waals surface area contributed by atoms with Gasteiger partial charge in [-0.15, -0.1) is 0 Å². The van der Waals surface area contributed by atoms with Gasteiger partial charge in [0.1, 0.15) is 0 Å². The predicted octanol–water partition coefficient (Wildman–Crippen LogP) is 3.79. The third kappa shape index (κ3) is 4.91. The van der Waals surface area contributed by atoms with Crippen LogP contribution in [0.4, 0.5) is 4.79 Å². The zero-order valence-corrected chi connectivity index (χ0v) is 16.2. The third-order valence-electron chi connectivity index (χ3n) is 4.56. The maximum atomic E-state index is 12.2. The first-order valence-electron chi connectivity index (χ1n) is 8.66. The maximum absolute atomic E-state index is 12.2. The summed E-state index contributed by atoms with van der Waals surface area (Å²) in [6.45, 7) is 7.21. The minimum absolute atomic E-state index is 0.179. The second-order valence-corrected chi connectivity index (χ2v) is 6.92. The number of carbonyl (C=O) groups is 1. The molecule has 2 aromatic rings. The standard InChI is InChI=1S/C21H28N2O3/c1-15-8-6-7-9-16(15)13-22-20(24)23-14-21(2,3)17-10-11-18(25-4)19(12-17)26-5/h6-12H,13-14H2,1-5H3,(H2,22,23,24). The lowest BCUT2D eigenvalue weighted by atomic mass is 9.84. The second kappa shape index (κ2) is 8.61. The molecule has 2 N–H and O–H groups in total. The van der Waals surface area contributed by atoms with E-state index in [9.17, 15) is 4.79 Å². The summed E-state index contributed by atoms with van der Waals surface area (Å²) in [7, 11) is 3.23. The maximum Gasteiger partial charge on any atom is 0.315 e. The molecule has 0 saturated carbocycles. The van der Waals surface area contributed by atoms with E-state index in [0.29, 0.717) is 24.6 Å². The number of amides is 2. The van der Waals surface area contributed by atoms with Crippen molar-refractivity contribution in [3.05, 3.63) is 59.2 Å². The summed E-state index contributed by atoms with van der Waals surface area (Å²) in [5.74, 6) is 1.37. The van der Waals surface area contributed by atoms with Crippen molar-refractivity contribution in [3.8, 4) is 11.5 Å². The number of urea groups is 1. The molecule has 0 aromatic heterocycles. The van der Waals surface area contributed by atoms with Crippen LogP contribution in [0.25, 0.3) is 0 Å². The molecule has 0 radical (unpaired) electrons. The summed E-state index contributed by atoms with van der Waals surface area (Å²) in [5, 5.41) is 5.86. The Balaban J connectivity index is 1.94. The van der Waals surface area contributed by atoms with Crippen LogP contribution in [0.5, 0.6) is 11.5 Å². The first kappa shape index (κ1) is 19.6.